The molecule has 0 spiro atoms. The largest absolute Gasteiger partial charge is 0.496 e. The minimum absolute atomic E-state index is 0.689. The van der Waals surface area contributed by atoms with Gasteiger partial charge >= 0.3 is 0 Å². The number of methoxy groups -OCH3 is 3. The lowest BCUT2D eigenvalue weighted by molar-refractivity contribution is 0.368. The van der Waals surface area contributed by atoms with Crippen LogP contribution in [0.25, 0.3) is 0 Å². The molecule has 2 aromatic rings. The fraction of sp³-hybridized carbons (Fsp3) is 0.500. The Morgan fingerprint density at radius 2 is 1.61 bits per heavy atom. The van der Waals surface area contributed by atoms with Gasteiger partial charge in [-0.2, -0.15) is 0 Å². The van der Waals surface area contributed by atoms with Crippen LogP contribution in [-0.2, 0) is 12.8 Å². The van der Waals surface area contributed by atoms with Crippen LogP contribution in [0.3, 0.4) is 0 Å². The van der Waals surface area contributed by atoms with E-state index in [1.54, 1.807) is 39.7 Å². The van der Waals surface area contributed by atoms with Gasteiger partial charge in [0.05, 0.1) is 32.0 Å². The molecule has 1 aromatic carbocycles. The molecule has 0 radical (unpaired) electrons. The molecule has 0 aliphatic rings. The van der Waals surface area contributed by atoms with E-state index in [0.717, 1.165) is 53.1 Å². The Balaban J connectivity index is 1.88. The molecule has 8 heteroatoms. The van der Waals surface area contributed by atoms with Gasteiger partial charge in [0, 0.05) is 49.1 Å². The summed E-state index contributed by atoms with van der Waals surface area (Å²) in [6.07, 6.45) is 1.60. The first kappa shape index (κ1) is 21.8. The molecule has 0 bridgehead atoms. The number of aliphatic imine (C=N–C) groups is 1. The molecule has 0 saturated heterocycles. The standard InChI is InChI=1S/C20H30N4O3S/c1-13-14(2)28-19(24-13)8-10-23-20(21-3)22-9-7-16-17(26-5)11-15(25-4)12-18(16)27-6/h11-12H,7-10H2,1-6H3,(H2,21,22,23). The summed E-state index contributed by atoms with van der Waals surface area (Å²) in [5.41, 5.74) is 2.10. The van der Waals surface area contributed by atoms with Gasteiger partial charge in [0.2, 0.25) is 0 Å². The summed E-state index contributed by atoms with van der Waals surface area (Å²) >= 11 is 1.75. The second-order valence-corrected chi connectivity index (χ2v) is 7.47. The van der Waals surface area contributed by atoms with Crippen molar-refractivity contribution in [3.63, 3.8) is 0 Å². The van der Waals surface area contributed by atoms with Crippen LogP contribution in [0.4, 0.5) is 0 Å². The molecule has 0 amide bonds. The van der Waals surface area contributed by atoms with E-state index in [9.17, 15) is 0 Å². The fourth-order valence-electron chi connectivity index (χ4n) is 2.78. The second kappa shape index (κ2) is 10.8. The van der Waals surface area contributed by atoms with E-state index in [1.165, 1.54) is 4.88 Å². The normalized spacial score (nSPS) is 11.3. The highest BCUT2D eigenvalue weighted by atomic mass is 32.1. The molecule has 28 heavy (non-hydrogen) atoms. The molecule has 0 unspecified atom stereocenters. The molecule has 0 aliphatic carbocycles. The second-order valence-electron chi connectivity index (χ2n) is 6.19. The van der Waals surface area contributed by atoms with Gasteiger partial charge in [-0.3, -0.25) is 4.99 Å². The number of nitrogens with one attached hydrogen (secondary N) is 2. The highest BCUT2D eigenvalue weighted by Gasteiger charge is 2.13. The number of hydrogen-bond donors (Lipinski definition) is 2. The first-order chi connectivity index (χ1) is 13.5. The van der Waals surface area contributed by atoms with Gasteiger partial charge in [-0.1, -0.05) is 0 Å². The summed E-state index contributed by atoms with van der Waals surface area (Å²) in [5, 5.41) is 7.81. The first-order valence-corrected chi connectivity index (χ1v) is 10.00. The van der Waals surface area contributed by atoms with Gasteiger partial charge in [-0.25, -0.2) is 4.98 Å². The summed E-state index contributed by atoms with van der Waals surface area (Å²) in [6.45, 7) is 5.62. The number of guanidine groups is 1. The zero-order valence-corrected chi connectivity index (χ0v) is 18.3. The van der Waals surface area contributed by atoms with Gasteiger partial charge in [0.1, 0.15) is 17.2 Å². The average molecular weight is 407 g/mol. The molecule has 0 fully saturated rings. The Morgan fingerprint density at radius 3 is 2.07 bits per heavy atom. The molecular weight excluding hydrogens is 376 g/mol. The lowest BCUT2D eigenvalue weighted by atomic mass is 10.1. The SMILES string of the molecule is CN=C(NCCc1nc(C)c(C)s1)NCCc1c(OC)cc(OC)cc1OC. The van der Waals surface area contributed by atoms with Crippen molar-refractivity contribution >= 4 is 17.3 Å². The van der Waals surface area contributed by atoms with Gasteiger partial charge < -0.3 is 24.8 Å². The lowest BCUT2D eigenvalue weighted by Gasteiger charge is -2.16. The van der Waals surface area contributed by atoms with Crippen molar-refractivity contribution in [3.8, 4) is 17.2 Å². The van der Waals surface area contributed by atoms with E-state index in [-0.39, 0.29) is 0 Å². The molecule has 0 atom stereocenters. The van der Waals surface area contributed by atoms with Crippen molar-refractivity contribution in [2.24, 2.45) is 4.99 Å². The van der Waals surface area contributed by atoms with E-state index in [1.807, 2.05) is 19.1 Å². The van der Waals surface area contributed by atoms with Crippen LogP contribution in [0.1, 0.15) is 21.1 Å². The Morgan fingerprint density at radius 1 is 1.00 bits per heavy atom. The van der Waals surface area contributed by atoms with E-state index < -0.39 is 0 Å². The number of hydrogen-bond acceptors (Lipinski definition) is 6. The van der Waals surface area contributed by atoms with Gasteiger partial charge in [-0.05, 0) is 20.3 Å². The van der Waals surface area contributed by atoms with Gasteiger partial charge in [-0.15, -0.1) is 11.3 Å². The van der Waals surface area contributed by atoms with Crippen molar-refractivity contribution in [3.05, 3.63) is 33.3 Å². The summed E-state index contributed by atoms with van der Waals surface area (Å²) < 4.78 is 16.3. The zero-order valence-electron chi connectivity index (χ0n) is 17.5. The third-order valence-electron chi connectivity index (χ3n) is 4.41. The third kappa shape index (κ3) is 5.76. The van der Waals surface area contributed by atoms with Crippen LogP contribution in [0.5, 0.6) is 17.2 Å². The number of aromatic nitrogens is 1. The van der Waals surface area contributed by atoms with E-state index in [4.69, 9.17) is 14.2 Å². The van der Waals surface area contributed by atoms with E-state index in [0.29, 0.717) is 12.3 Å². The number of aryl methyl sites for hydroxylation is 2. The molecular formula is C20H30N4O3S. The van der Waals surface area contributed by atoms with Crippen LogP contribution >= 0.6 is 11.3 Å². The number of thiazole rings is 1. The van der Waals surface area contributed by atoms with Crippen molar-refractivity contribution in [2.45, 2.75) is 26.7 Å². The minimum Gasteiger partial charge on any atom is -0.496 e. The van der Waals surface area contributed by atoms with Crippen LogP contribution in [0.2, 0.25) is 0 Å². The third-order valence-corrected chi connectivity index (χ3v) is 5.54. The Hall–Kier alpha value is -2.48. The van der Waals surface area contributed by atoms with E-state index in [2.05, 4.69) is 27.5 Å². The highest BCUT2D eigenvalue weighted by molar-refractivity contribution is 7.11. The summed E-state index contributed by atoms with van der Waals surface area (Å²) in [4.78, 5) is 10.1. The fourth-order valence-corrected chi connectivity index (χ4v) is 3.72. The van der Waals surface area contributed by atoms with E-state index >= 15 is 0 Å². The molecule has 1 aromatic heterocycles. The predicted molar refractivity (Wildman–Crippen MR) is 114 cm³/mol. The monoisotopic (exact) mass is 406 g/mol. The van der Waals surface area contributed by atoms with Crippen molar-refractivity contribution in [1.82, 2.24) is 15.6 Å². The quantitative estimate of drug-likeness (QED) is 0.493. The number of nitrogens with zero attached hydrogens (tertiary/aromatic N) is 2. The Kier molecular flexibility index (Phi) is 8.38. The molecule has 154 valence electrons. The summed E-state index contributed by atoms with van der Waals surface area (Å²) in [7, 11) is 6.68. The van der Waals surface area contributed by atoms with Gasteiger partial charge in [0.15, 0.2) is 5.96 Å². The molecule has 0 saturated carbocycles. The van der Waals surface area contributed by atoms with Crippen molar-refractivity contribution in [2.75, 3.05) is 41.5 Å². The van der Waals surface area contributed by atoms with Crippen LogP contribution in [0.15, 0.2) is 17.1 Å². The zero-order chi connectivity index (χ0) is 20.5. The lowest BCUT2D eigenvalue weighted by Crippen LogP contribution is -2.39. The highest BCUT2D eigenvalue weighted by Crippen LogP contribution is 2.34. The first-order valence-electron chi connectivity index (χ1n) is 9.18. The summed E-state index contributed by atoms with van der Waals surface area (Å²) in [6, 6.07) is 3.73. The Labute approximate surface area is 171 Å². The topological polar surface area (TPSA) is 77.0 Å². The average Bonchev–Trinajstić information content (AvgIpc) is 3.03. The molecule has 2 N–H and O–H groups in total. The maximum absolute atomic E-state index is 5.50. The maximum Gasteiger partial charge on any atom is 0.191 e. The molecule has 2 rings (SSSR count). The molecule has 7 nitrogen and oxygen atoms in total. The Bertz CT molecular complexity index is 760. The van der Waals surface area contributed by atoms with Crippen LogP contribution in [0, 0.1) is 13.8 Å². The summed E-state index contributed by atoms with van der Waals surface area (Å²) in [5.74, 6) is 2.96. The number of rotatable bonds is 9. The van der Waals surface area contributed by atoms with Crippen LogP contribution < -0.4 is 24.8 Å². The van der Waals surface area contributed by atoms with Crippen molar-refractivity contribution in [1.29, 1.82) is 0 Å². The predicted octanol–water partition coefficient (Wildman–Crippen LogP) is 2.74. The minimum atomic E-state index is 0.689. The number of ether oxygens (including phenoxy) is 3. The van der Waals surface area contributed by atoms with Gasteiger partial charge in [0.25, 0.3) is 0 Å². The molecule has 0 aliphatic heterocycles. The number of benzene rings is 1. The maximum atomic E-state index is 5.50. The smallest absolute Gasteiger partial charge is 0.191 e. The van der Waals surface area contributed by atoms with Crippen molar-refractivity contribution < 1.29 is 14.2 Å². The molecule has 1 heterocycles. The van der Waals surface area contributed by atoms with Crippen LogP contribution in [-0.4, -0.2) is 52.4 Å².